The first kappa shape index (κ1) is 29.4. The molecule has 238 valence electrons. The van der Waals surface area contributed by atoms with Crippen LogP contribution in [-0.4, -0.2) is 6.71 Å². The maximum Gasteiger partial charge on any atom is 0.252 e. The van der Waals surface area contributed by atoms with Crippen LogP contribution in [-0.2, 0) is 0 Å². The molecule has 0 saturated heterocycles. The zero-order valence-corrected chi connectivity index (χ0v) is 28.0. The molecule has 0 unspecified atom stereocenters. The summed E-state index contributed by atoms with van der Waals surface area (Å²) >= 11 is 0. The molecule has 8 aromatic carbocycles. The highest BCUT2D eigenvalue weighted by atomic mass is 15.2. The molecule has 2 nitrogen and oxygen atoms in total. The van der Waals surface area contributed by atoms with E-state index in [1.165, 1.54) is 72.5 Å². The Morgan fingerprint density at radius 3 is 1.04 bits per heavy atom. The Labute approximate surface area is 299 Å². The summed E-state index contributed by atoms with van der Waals surface area (Å²) in [5.74, 6) is 0. The van der Waals surface area contributed by atoms with Gasteiger partial charge >= 0.3 is 0 Å². The first-order valence-electron chi connectivity index (χ1n) is 17.6. The number of hydrogen-bond donors (Lipinski definition) is 0. The number of rotatable bonds is 5. The lowest BCUT2D eigenvalue weighted by Gasteiger charge is -2.44. The van der Waals surface area contributed by atoms with E-state index in [2.05, 4.69) is 210 Å². The Morgan fingerprint density at radius 2 is 0.608 bits per heavy atom. The third-order valence-corrected chi connectivity index (χ3v) is 10.4. The van der Waals surface area contributed by atoms with Gasteiger partial charge in [-0.25, -0.2) is 0 Å². The molecule has 0 N–H and O–H groups in total. The fourth-order valence-electron chi connectivity index (χ4n) is 8.16. The average Bonchev–Trinajstić information content (AvgIpc) is 3.21. The van der Waals surface area contributed by atoms with Crippen LogP contribution in [0.25, 0.3) is 33.4 Å². The summed E-state index contributed by atoms with van der Waals surface area (Å²) in [5, 5.41) is 0. The lowest BCUT2D eigenvalue weighted by Crippen LogP contribution is -2.61. The van der Waals surface area contributed by atoms with Crippen LogP contribution in [0.5, 0.6) is 0 Å². The van der Waals surface area contributed by atoms with Crippen LogP contribution in [0.1, 0.15) is 0 Å². The zero-order chi connectivity index (χ0) is 33.7. The molecule has 3 heteroatoms. The monoisotopic (exact) mass is 648 g/mol. The molecule has 0 bridgehead atoms. The fraction of sp³-hybridized carbons (Fsp3) is 0. The number of benzene rings is 8. The van der Waals surface area contributed by atoms with Crippen LogP contribution in [0.4, 0.5) is 34.1 Å². The summed E-state index contributed by atoms with van der Waals surface area (Å²) < 4.78 is 0. The van der Waals surface area contributed by atoms with Crippen molar-refractivity contribution in [2.24, 2.45) is 0 Å². The topological polar surface area (TPSA) is 6.48 Å². The largest absolute Gasteiger partial charge is 0.311 e. The summed E-state index contributed by atoms with van der Waals surface area (Å²) in [5.41, 5.74) is 18.3. The summed E-state index contributed by atoms with van der Waals surface area (Å²) in [6, 6.07) is 73.0. The fourth-order valence-corrected chi connectivity index (χ4v) is 8.16. The SMILES string of the molecule is c1ccc(-c2cc(-c3ccccc3)cc(-c3cc4c5c(c3)N(c3ccccc3)c3ccccc3B5c3ccccc3N4c3ccccc3)c2)cc1. The second-order valence-corrected chi connectivity index (χ2v) is 13.4. The van der Waals surface area contributed by atoms with Crippen LogP contribution in [0.2, 0.25) is 0 Å². The molecule has 0 saturated carbocycles. The van der Waals surface area contributed by atoms with Crippen molar-refractivity contribution >= 4 is 57.2 Å². The molecule has 2 aliphatic rings. The smallest absolute Gasteiger partial charge is 0.252 e. The van der Waals surface area contributed by atoms with E-state index in [1.54, 1.807) is 0 Å². The molecule has 10 rings (SSSR count). The second kappa shape index (κ2) is 12.1. The predicted molar refractivity (Wildman–Crippen MR) is 217 cm³/mol. The highest BCUT2D eigenvalue weighted by Gasteiger charge is 2.43. The first-order chi connectivity index (χ1) is 25.3. The quantitative estimate of drug-likeness (QED) is 0.171. The van der Waals surface area contributed by atoms with Crippen molar-refractivity contribution in [1.82, 2.24) is 0 Å². The third kappa shape index (κ3) is 4.89. The Kier molecular flexibility index (Phi) is 6.95. The number of anilines is 6. The van der Waals surface area contributed by atoms with Crippen LogP contribution in [0.3, 0.4) is 0 Å². The summed E-state index contributed by atoms with van der Waals surface area (Å²) in [6.45, 7) is 0.0897. The molecule has 0 fully saturated rings. The van der Waals surface area contributed by atoms with E-state index in [-0.39, 0.29) is 6.71 Å². The molecule has 0 aromatic heterocycles. The van der Waals surface area contributed by atoms with Crippen molar-refractivity contribution in [3.63, 3.8) is 0 Å². The molecular weight excluding hydrogens is 615 g/mol. The van der Waals surface area contributed by atoms with Gasteiger partial charge in [-0.15, -0.1) is 0 Å². The molecule has 0 amide bonds. The maximum atomic E-state index is 2.48. The van der Waals surface area contributed by atoms with Gasteiger partial charge in [0.25, 0.3) is 6.71 Å². The summed E-state index contributed by atoms with van der Waals surface area (Å²) in [7, 11) is 0. The Balaban J connectivity index is 1.30. The molecule has 0 radical (unpaired) electrons. The van der Waals surface area contributed by atoms with Gasteiger partial charge in [-0.05, 0) is 116 Å². The van der Waals surface area contributed by atoms with Crippen LogP contribution < -0.4 is 26.2 Å². The number of hydrogen-bond acceptors (Lipinski definition) is 2. The highest BCUT2D eigenvalue weighted by Crippen LogP contribution is 2.46. The average molecular weight is 649 g/mol. The zero-order valence-electron chi connectivity index (χ0n) is 28.0. The highest BCUT2D eigenvalue weighted by molar-refractivity contribution is 7.00. The standard InChI is InChI=1S/C48H33BN2/c1-5-17-34(18-6-1)36-29-37(35-19-7-2-8-20-35)31-38(30-36)39-32-46-48-47(33-39)51(41-23-11-4-12-24-41)45-28-16-14-26-43(45)49(48)42-25-13-15-27-44(42)50(46)40-21-9-3-10-22-40/h1-33H. The first-order valence-corrected chi connectivity index (χ1v) is 17.6. The van der Waals surface area contributed by atoms with Gasteiger partial charge in [0.05, 0.1) is 0 Å². The van der Waals surface area contributed by atoms with Crippen LogP contribution in [0, 0.1) is 0 Å². The van der Waals surface area contributed by atoms with E-state index in [0.29, 0.717) is 0 Å². The lowest BCUT2D eigenvalue weighted by molar-refractivity contribution is 1.25. The second-order valence-electron chi connectivity index (χ2n) is 13.4. The molecule has 2 aliphatic heterocycles. The van der Waals surface area contributed by atoms with Gasteiger partial charge in [0.15, 0.2) is 0 Å². The Hall–Kier alpha value is -6.58. The molecule has 8 aromatic rings. The Morgan fingerprint density at radius 1 is 0.275 bits per heavy atom. The summed E-state index contributed by atoms with van der Waals surface area (Å²) in [4.78, 5) is 4.95. The minimum Gasteiger partial charge on any atom is -0.311 e. The van der Waals surface area contributed by atoms with Crippen molar-refractivity contribution in [2.45, 2.75) is 0 Å². The van der Waals surface area contributed by atoms with E-state index < -0.39 is 0 Å². The molecule has 0 atom stereocenters. The van der Waals surface area contributed by atoms with Crippen molar-refractivity contribution in [3.8, 4) is 33.4 Å². The molecular formula is C48H33BN2. The number of para-hydroxylation sites is 4. The van der Waals surface area contributed by atoms with E-state index >= 15 is 0 Å². The molecule has 0 spiro atoms. The van der Waals surface area contributed by atoms with E-state index in [9.17, 15) is 0 Å². The Bertz CT molecular complexity index is 2360. The van der Waals surface area contributed by atoms with Gasteiger partial charge in [0, 0.05) is 34.1 Å². The van der Waals surface area contributed by atoms with Crippen molar-refractivity contribution in [2.75, 3.05) is 9.80 Å². The van der Waals surface area contributed by atoms with Gasteiger partial charge in [-0.1, -0.05) is 133 Å². The van der Waals surface area contributed by atoms with E-state index in [4.69, 9.17) is 0 Å². The van der Waals surface area contributed by atoms with E-state index in [1.807, 2.05) is 0 Å². The van der Waals surface area contributed by atoms with Gasteiger partial charge in [0.1, 0.15) is 0 Å². The van der Waals surface area contributed by atoms with Crippen molar-refractivity contribution < 1.29 is 0 Å². The minimum atomic E-state index is 0.0897. The maximum absolute atomic E-state index is 2.48. The summed E-state index contributed by atoms with van der Waals surface area (Å²) in [6.07, 6.45) is 0. The lowest BCUT2D eigenvalue weighted by atomic mass is 9.33. The van der Waals surface area contributed by atoms with Gasteiger partial charge in [-0.3, -0.25) is 0 Å². The van der Waals surface area contributed by atoms with Crippen molar-refractivity contribution in [1.29, 1.82) is 0 Å². The van der Waals surface area contributed by atoms with E-state index in [0.717, 1.165) is 11.4 Å². The molecule has 2 heterocycles. The minimum absolute atomic E-state index is 0.0897. The molecule has 0 aliphatic carbocycles. The molecule has 51 heavy (non-hydrogen) atoms. The van der Waals surface area contributed by atoms with Gasteiger partial charge in [0.2, 0.25) is 0 Å². The van der Waals surface area contributed by atoms with Crippen LogP contribution >= 0.6 is 0 Å². The third-order valence-electron chi connectivity index (χ3n) is 10.4. The van der Waals surface area contributed by atoms with Crippen molar-refractivity contribution in [3.05, 3.63) is 200 Å². The van der Waals surface area contributed by atoms with Gasteiger partial charge < -0.3 is 9.80 Å². The van der Waals surface area contributed by atoms with Crippen LogP contribution in [0.15, 0.2) is 200 Å². The number of nitrogens with zero attached hydrogens (tertiary/aromatic N) is 2. The number of fused-ring (bicyclic) bond motifs is 4. The predicted octanol–water partition coefficient (Wildman–Crippen LogP) is 10.8. The normalized spacial score (nSPS) is 12.6. The van der Waals surface area contributed by atoms with Gasteiger partial charge in [-0.2, -0.15) is 0 Å².